The van der Waals surface area contributed by atoms with E-state index in [1.165, 1.54) is 10.6 Å². The lowest BCUT2D eigenvalue weighted by Crippen LogP contribution is -2.33. The van der Waals surface area contributed by atoms with Crippen LogP contribution in [0.2, 0.25) is 5.02 Å². The van der Waals surface area contributed by atoms with Crippen molar-refractivity contribution in [3.63, 3.8) is 0 Å². The molecule has 34 heavy (non-hydrogen) atoms. The molecule has 4 heterocycles. The minimum Gasteiger partial charge on any atom is -0.458 e. The van der Waals surface area contributed by atoms with Crippen molar-refractivity contribution in [2.45, 2.75) is 51.5 Å². The van der Waals surface area contributed by atoms with Crippen molar-refractivity contribution in [3.05, 3.63) is 61.1 Å². The third-order valence-electron chi connectivity index (χ3n) is 6.97. The maximum Gasteiger partial charge on any atom is 0.340 e. The number of hydrogen-bond acceptors (Lipinski definition) is 6. The van der Waals surface area contributed by atoms with Gasteiger partial charge in [0.1, 0.15) is 12.4 Å². The Labute approximate surface area is 197 Å². The summed E-state index contributed by atoms with van der Waals surface area (Å²) in [7, 11) is 0. The van der Waals surface area contributed by atoms with Gasteiger partial charge >= 0.3 is 5.97 Å². The van der Waals surface area contributed by atoms with E-state index in [1.54, 1.807) is 13.0 Å². The minimum atomic E-state index is -1.57. The Hall–Kier alpha value is -3.30. The summed E-state index contributed by atoms with van der Waals surface area (Å²) < 4.78 is 21.1. The Bertz CT molecular complexity index is 1520. The highest BCUT2D eigenvalue weighted by molar-refractivity contribution is 6.32. The number of ether oxygens (including phenoxy) is 1. The zero-order valence-corrected chi connectivity index (χ0v) is 18.8. The molecule has 6 rings (SSSR count). The number of halogens is 2. The molecule has 0 spiro atoms. The van der Waals surface area contributed by atoms with Crippen LogP contribution in [0.5, 0.6) is 0 Å². The van der Waals surface area contributed by atoms with E-state index in [9.17, 15) is 23.9 Å². The maximum absolute atomic E-state index is 14.7. The van der Waals surface area contributed by atoms with Crippen LogP contribution in [0, 0.1) is 5.82 Å². The number of pyridine rings is 2. The Morgan fingerprint density at radius 2 is 2.12 bits per heavy atom. The first-order valence-corrected chi connectivity index (χ1v) is 11.4. The summed E-state index contributed by atoms with van der Waals surface area (Å²) in [6.45, 7) is 1.73. The molecule has 8 nitrogen and oxygen atoms in total. The summed E-state index contributed by atoms with van der Waals surface area (Å²) in [6, 6.07) is 2.49. The first-order valence-electron chi connectivity index (χ1n) is 11.0. The van der Waals surface area contributed by atoms with E-state index in [-0.39, 0.29) is 46.8 Å². The van der Waals surface area contributed by atoms with Gasteiger partial charge < -0.3 is 19.7 Å². The van der Waals surface area contributed by atoms with Gasteiger partial charge in [0.2, 0.25) is 5.91 Å². The Balaban J connectivity index is 1.66. The normalized spacial score (nSPS) is 19.9. The highest BCUT2D eigenvalue weighted by Gasteiger charge is 2.37. The van der Waals surface area contributed by atoms with Crippen molar-refractivity contribution >= 4 is 34.4 Å². The summed E-state index contributed by atoms with van der Waals surface area (Å²) in [6.07, 6.45) is -0.259. The number of fused-ring (bicyclic) bond motifs is 5. The fourth-order valence-electron chi connectivity index (χ4n) is 5.34. The van der Waals surface area contributed by atoms with Crippen molar-refractivity contribution in [2.75, 3.05) is 0 Å². The van der Waals surface area contributed by atoms with Crippen LogP contribution >= 0.6 is 11.6 Å². The number of aromatic nitrogens is 2. The van der Waals surface area contributed by atoms with Gasteiger partial charge in [0.05, 0.1) is 40.1 Å². The zero-order valence-electron chi connectivity index (χ0n) is 18.1. The molecule has 3 aromatic rings. The number of nitrogens with one attached hydrogen (secondary N) is 1. The Morgan fingerprint density at radius 3 is 2.88 bits per heavy atom. The number of benzene rings is 1. The predicted octanol–water partition coefficient (Wildman–Crippen LogP) is 2.82. The van der Waals surface area contributed by atoms with Gasteiger partial charge in [-0.25, -0.2) is 14.2 Å². The topological polar surface area (TPSA) is 111 Å². The lowest BCUT2D eigenvalue weighted by Gasteiger charge is -2.29. The number of esters is 1. The molecule has 0 radical (unpaired) electrons. The molecule has 2 aliphatic heterocycles. The van der Waals surface area contributed by atoms with Crippen LogP contribution in [0.25, 0.3) is 22.3 Å². The molecule has 1 unspecified atom stereocenters. The summed E-state index contributed by atoms with van der Waals surface area (Å²) in [5, 5.41) is 14.1. The van der Waals surface area contributed by atoms with Crippen LogP contribution in [-0.2, 0) is 33.9 Å². The van der Waals surface area contributed by atoms with Gasteiger partial charge in [-0.15, -0.1) is 0 Å². The average molecular weight is 484 g/mol. The first kappa shape index (κ1) is 21.2. The van der Waals surface area contributed by atoms with E-state index in [2.05, 4.69) is 5.32 Å². The highest BCUT2D eigenvalue weighted by atomic mass is 35.5. The monoisotopic (exact) mass is 483 g/mol. The second kappa shape index (κ2) is 7.35. The van der Waals surface area contributed by atoms with Crippen LogP contribution in [0.3, 0.4) is 0 Å². The number of rotatable bonds is 2. The molecule has 1 aliphatic carbocycles. The van der Waals surface area contributed by atoms with Crippen molar-refractivity contribution in [2.24, 2.45) is 0 Å². The molecule has 2 aromatic heterocycles. The summed E-state index contributed by atoms with van der Waals surface area (Å²) in [5.41, 5.74) is 3.43. The smallest absolute Gasteiger partial charge is 0.340 e. The number of nitrogens with zero attached hydrogens (tertiary/aromatic N) is 2. The molecule has 0 saturated carbocycles. The number of aliphatic hydroxyl groups excluding tert-OH is 1. The fourth-order valence-corrected chi connectivity index (χ4v) is 5.59. The van der Waals surface area contributed by atoms with E-state index in [0.717, 1.165) is 11.1 Å². The van der Waals surface area contributed by atoms with Crippen molar-refractivity contribution in [1.29, 1.82) is 0 Å². The standard InChI is InChI=1S/C24H19ClFN3O5/c1-2-17(30)27-14-4-3-9-18-15(6-13(26)20(9)25)28-21-11(19(14)18)7-29-16(21)5-10-12(23(29)32)8-34-24(33)22(10)31/h5-6,14,22,31H,2-4,7-8H2,1H3,(H,27,30)/t14-,22?/m0/s1. The van der Waals surface area contributed by atoms with Gasteiger partial charge in [0.15, 0.2) is 6.10 Å². The van der Waals surface area contributed by atoms with Gasteiger partial charge in [0, 0.05) is 29.0 Å². The van der Waals surface area contributed by atoms with Crippen molar-refractivity contribution in [1.82, 2.24) is 14.9 Å². The van der Waals surface area contributed by atoms with E-state index in [1.807, 2.05) is 0 Å². The van der Waals surface area contributed by atoms with Gasteiger partial charge in [-0.1, -0.05) is 18.5 Å². The number of aliphatic hydroxyl groups is 1. The molecule has 1 aromatic carbocycles. The Morgan fingerprint density at radius 1 is 1.32 bits per heavy atom. The van der Waals surface area contributed by atoms with Crippen LogP contribution in [0.1, 0.15) is 59.7 Å². The quantitative estimate of drug-likeness (QED) is 0.424. The summed E-state index contributed by atoms with van der Waals surface area (Å²) in [5.74, 6) is -1.53. The average Bonchev–Trinajstić information content (AvgIpc) is 3.19. The highest BCUT2D eigenvalue weighted by Crippen LogP contribution is 2.46. The van der Waals surface area contributed by atoms with E-state index < -0.39 is 17.9 Å². The lowest BCUT2D eigenvalue weighted by molar-refractivity contribution is -0.157. The summed E-state index contributed by atoms with van der Waals surface area (Å²) in [4.78, 5) is 42.2. The predicted molar refractivity (Wildman–Crippen MR) is 120 cm³/mol. The van der Waals surface area contributed by atoms with Crippen LogP contribution in [0.4, 0.5) is 4.39 Å². The molecule has 1 amide bonds. The first-order chi connectivity index (χ1) is 16.3. The number of carbonyl (C=O) groups is 2. The van der Waals surface area contributed by atoms with Crippen LogP contribution < -0.4 is 10.9 Å². The van der Waals surface area contributed by atoms with E-state index >= 15 is 0 Å². The van der Waals surface area contributed by atoms with Gasteiger partial charge in [-0.05, 0) is 30.0 Å². The lowest BCUT2D eigenvalue weighted by atomic mass is 9.83. The molecule has 0 bridgehead atoms. The van der Waals surface area contributed by atoms with Gasteiger partial charge in [-0.2, -0.15) is 0 Å². The van der Waals surface area contributed by atoms with Gasteiger partial charge in [-0.3, -0.25) is 9.59 Å². The fraction of sp³-hybridized carbons (Fsp3) is 0.333. The number of hydrogen-bond donors (Lipinski definition) is 2. The summed E-state index contributed by atoms with van der Waals surface area (Å²) >= 11 is 6.32. The molecular formula is C24H19ClFN3O5. The molecular weight excluding hydrogens is 465 g/mol. The van der Waals surface area contributed by atoms with Gasteiger partial charge in [0.25, 0.3) is 5.56 Å². The molecule has 0 saturated heterocycles. The third kappa shape index (κ3) is 2.80. The molecule has 10 heteroatoms. The molecule has 3 aliphatic rings. The maximum atomic E-state index is 14.7. The Kier molecular flexibility index (Phi) is 4.59. The molecule has 2 N–H and O–H groups in total. The number of carbonyl (C=O) groups excluding carboxylic acids is 2. The number of aryl methyl sites for hydroxylation is 1. The third-order valence-corrected chi connectivity index (χ3v) is 7.38. The number of amides is 1. The van der Waals surface area contributed by atoms with E-state index in [4.69, 9.17) is 21.3 Å². The zero-order chi connectivity index (χ0) is 23.9. The van der Waals surface area contributed by atoms with Crippen LogP contribution in [-0.4, -0.2) is 26.5 Å². The minimum absolute atomic E-state index is 0.0395. The van der Waals surface area contributed by atoms with Crippen molar-refractivity contribution in [3.8, 4) is 11.4 Å². The van der Waals surface area contributed by atoms with Crippen molar-refractivity contribution < 1.29 is 23.8 Å². The number of cyclic esters (lactones) is 1. The second-order valence-electron chi connectivity index (χ2n) is 8.78. The molecule has 2 atom stereocenters. The van der Waals surface area contributed by atoms with Crippen LogP contribution in [0.15, 0.2) is 16.9 Å². The second-order valence-corrected chi connectivity index (χ2v) is 9.15. The van der Waals surface area contributed by atoms with E-state index in [0.29, 0.717) is 47.1 Å². The SMILES string of the molecule is CCC(=O)N[C@H]1CCc2c(Cl)c(F)cc3nc4c(c1c23)Cn1c-4cc2c(c1=O)COC(=O)C2O. The molecule has 174 valence electrons. The largest absolute Gasteiger partial charge is 0.458 e. The molecule has 0 fully saturated rings.